The summed E-state index contributed by atoms with van der Waals surface area (Å²) in [6.45, 7) is 0. The number of nitrogens with one attached hydrogen (secondary N) is 1. The smallest absolute Gasteiger partial charge is 0.416 e. The summed E-state index contributed by atoms with van der Waals surface area (Å²) < 4.78 is 43.1. The van der Waals surface area contributed by atoms with Gasteiger partial charge in [0.2, 0.25) is 0 Å². The summed E-state index contributed by atoms with van der Waals surface area (Å²) in [5.74, 6) is -1.33. The van der Waals surface area contributed by atoms with Crippen LogP contribution in [0.15, 0.2) is 48.5 Å². The molecule has 0 aliphatic carbocycles. The number of hydrogen-bond donors (Lipinski definition) is 1. The molecule has 2 aromatic carbocycles. The second kappa shape index (κ2) is 8.23. The summed E-state index contributed by atoms with van der Waals surface area (Å²) in [5.41, 5.74) is -0.332. The number of hydrogen-bond acceptors (Lipinski definition) is 3. The van der Waals surface area contributed by atoms with Crippen LogP contribution < -0.4 is 5.32 Å². The lowest BCUT2D eigenvalue weighted by Gasteiger charge is -2.17. The summed E-state index contributed by atoms with van der Waals surface area (Å²) >= 11 is 5.76. The molecule has 0 aliphatic heterocycles. The topological polar surface area (TPSA) is 55.4 Å². The summed E-state index contributed by atoms with van der Waals surface area (Å²) in [6, 6.07) is 9.38. The number of rotatable bonds is 5. The minimum atomic E-state index is -4.50. The van der Waals surface area contributed by atoms with Gasteiger partial charge in [-0.3, -0.25) is 4.79 Å². The van der Waals surface area contributed by atoms with Gasteiger partial charge in [0.25, 0.3) is 5.91 Å². The number of carbonyl (C=O) groups is 2. The highest BCUT2D eigenvalue weighted by Crippen LogP contribution is 2.29. The Hall–Kier alpha value is -2.54. The molecule has 4 nitrogen and oxygen atoms in total. The first kappa shape index (κ1) is 19.8. The second-order valence-electron chi connectivity index (χ2n) is 5.46. The molecule has 0 fully saturated rings. The quantitative estimate of drug-likeness (QED) is 0.795. The van der Waals surface area contributed by atoms with E-state index in [0.29, 0.717) is 5.02 Å². The van der Waals surface area contributed by atoms with Crippen molar-refractivity contribution in [1.29, 1.82) is 0 Å². The van der Waals surface area contributed by atoms with Crippen molar-refractivity contribution in [2.24, 2.45) is 0 Å². The van der Waals surface area contributed by atoms with Crippen LogP contribution in [-0.4, -0.2) is 25.0 Å². The Morgan fingerprint density at radius 2 is 1.81 bits per heavy atom. The van der Waals surface area contributed by atoms with E-state index < -0.39 is 29.7 Å². The Labute approximate surface area is 152 Å². The highest BCUT2D eigenvalue weighted by atomic mass is 35.5. The summed E-state index contributed by atoms with van der Waals surface area (Å²) in [4.78, 5) is 24.2. The Morgan fingerprint density at radius 1 is 1.15 bits per heavy atom. The molecule has 138 valence electrons. The van der Waals surface area contributed by atoms with Gasteiger partial charge in [-0.05, 0) is 35.9 Å². The molecule has 0 heterocycles. The van der Waals surface area contributed by atoms with E-state index in [9.17, 15) is 22.8 Å². The van der Waals surface area contributed by atoms with Crippen LogP contribution in [0.1, 0.15) is 21.5 Å². The first-order valence-corrected chi connectivity index (χ1v) is 7.89. The molecular weight excluding hydrogens is 371 g/mol. The predicted octanol–water partition coefficient (Wildman–Crippen LogP) is 3.87. The highest BCUT2D eigenvalue weighted by molar-refractivity contribution is 6.30. The maximum Gasteiger partial charge on any atom is 0.416 e. The molecule has 2 aromatic rings. The largest absolute Gasteiger partial charge is 0.467 e. The van der Waals surface area contributed by atoms with Gasteiger partial charge in [0.1, 0.15) is 6.04 Å². The number of halogens is 4. The second-order valence-corrected chi connectivity index (χ2v) is 5.89. The Morgan fingerprint density at radius 3 is 2.38 bits per heavy atom. The van der Waals surface area contributed by atoms with Gasteiger partial charge in [-0.25, -0.2) is 4.79 Å². The van der Waals surface area contributed by atoms with Crippen molar-refractivity contribution in [2.45, 2.75) is 18.6 Å². The lowest BCUT2D eigenvalue weighted by atomic mass is 10.0. The van der Waals surface area contributed by atoms with E-state index in [4.69, 9.17) is 11.6 Å². The molecule has 0 saturated heterocycles. The van der Waals surface area contributed by atoms with Crippen LogP contribution in [0.4, 0.5) is 13.2 Å². The zero-order chi connectivity index (χ0) is 19.3. The molecule has 0 bridgehead atoms. The number of ether oxygens (including phenoxy) is 1. The SMILES string of the molecule is COC(=O)[C@@H](Cc1cccc(C(F)(F)F)c1)NC(=O)c1ccc(Cl)cc1. The Balaban J connectivity index is 2.19. The van der Waals surface area contributed by atoms with Crippen molar-refractivity contribution in [2.75, 3.05) is 7.11 Å². The van der Waals surface area contributed by atoms with Crippen LogP contribution in [0, 0.1) is 0 Å². The maximum atomic E-state index is 12.8. The van der Waals surface area contributed by atoms with Gasteiger partial charge >= 0.3 is 12.1 Å². The van der Waals surface area contributed by atoms with E-state index in [1.165, 1.54) is 36.4 Å². The number of methoxy groups -OCH3 is 1. The molecule has 0 radical (unpaired) electrons. The molecule has 1 atom stereocenters. The van der Waals surface area contributed by atoms with Crippen LogP contribution in [0.2, 0.25) is 5.02 Å². The predicted molar refractivity (Wildman–Crippen MR) is 89.9 cm³/mol. The number of benzene rings is 2. The molecular formula is C18H15ClF3NO3. The molecule has 1 amide bonds. The summed E-state index contributed by atoms with van der Waals surface area (Å²) in [5, 5.41) is 2.91. The summed E-state index contributed by atoms with van der Waals surface area (Å²) in [7, 11) is 1.13. The normalized spacial score (nSPS) is 12.3. The molecule has 0 unspecified atom stereocenters. The van der Waals surface area contributed by atoms with Gasteiger partial charge in [-0.1, -0.05) is 29.8 Å². The fraction of sp³-hybridized carbons (Fsp3) is 0.222. The molecule has 0 aromatic heterocycles. The van der Waals surface area contributed by atoms with E-state index >= 15 is 0 Å². The molecule has 2 rings (SSSR count). The average Bonchev–Trinajstić information content (AvgIpc) is 2.60. The van der Waals surface area contributed by atoms with Crippen LogP contribution in [-0.2, 0) is 22.1 Å². The fourth-order valence-corrected chi connectivity index (χ4v) is 2.41. The highest BCUT2D eigenvalue weighted by Gasteiger charge is 2.31. The standard InChI is InChI=1S/C18H15ClF3NO3/c1-26-17(25)15(23-16(24)12-5-7-14(19)8-6-12)10-11-3-2-4-13(9-11)18(20,21)22/h2-9,15H,10H2,1H3,(H,23,24)/t15-/m1/s1. The van der Waals surface area contributed by atoms with E-state index in [0.717, 1.165) is 19.2 Å². The number of alkyl halides is 3. The monoisotopic (exact) mass is 385 g/mol. The van der Waals surface area contributed by atoms with E-state index in [2.05, 4.69) is 10.1 Å². The zero-order valence-electron chi connectivity index (χ0n) is 13.6. The lowest BCUT2D eigenvalue weighted by molar-refractivity contribution is -0.142. The number of esters is 1. The third-order valence-electron chi connectivity index (χ3n) is 3.59. The molecule has 0 aliphatic rings. The van der Waals surface area contributed by atoms with Gasteiger partial charge in [0.15, 0.2) is 0 Å². The number of amides is 1. The molecule has 8 heteroatoms. The Bertz CT molecular complexity index is 791. The van der Waals surface area contributed by atoms with E-state index in [-0.39, 0.29) is 17.5 Å². The molecule has 26 heavy (non-hydrogen) atoms. The summed E-state index contributed by atoms with van der Waals surface area (Å²) in [6.07, 6.45) is -4.64. The van der Waals surface area contributed by atoms with Crippen molar-refractivity contribution in [3.05, 3.63) is 70.2 Å². The van der Waals surface area contributed by atoms with E-state index in [1.807, 2.05) is 0 Å². The van der Waals surface area contributed by atoms with E-state index in [1.54, 1.807) is 0 Å². The minimum absolute atomic E-state index is 0.143. The van der Waals surface area contributed by atoms with Gasteiger partial charge in [-0.15, -0.1) is 0 Å². The van der Waals surface area contributed by atoms with Crippen molar-refractivity contribution < 1.29 is 27.5 Å². The maximum absolute atomic E-state index is 12.8. The molecule has 1 N–H and O–H groups in total. The average molecular weight is 386 g/mol. The first-order chi connectivity index (χ1) is 12.2. The van der Waals surface area contributed by atoms with Gasteiger partial charge in [0, 0.05) is 17.0 Å². The zero-order valence-corrected chi connectivity index (χ0v) is 14.4. The van der Waals surface area contributed by atoms with Gasteiger partial charge in [-0.2, -0.15) is 13.2 Å². The first-order valence-electron chi connectivity index (χ1n) is 7.51. The van der Waals surface area contributed by atoms with Crippen molar-refractivity contribution >= 4 is 23.5 Å². The minimum Gasteiger partial charge on any atom is -0.467 e. The van der Waals surface area contributed by atoms with Crippen molar-refractivity contribution in [1.82, 2.24) is 5.32 Å². The third-order valence-corrected chi connectivity index (χ3v) is 3.84. The van der Waals surface area contributed by atoms with Crippen molar-refractivity contribution in [3.8, 4) is 0 Å². The number of carbonyl (C=O) groups excluding carboxylic acids is 2. The van der Waals surface area contributed by atoms with Gasteiger partial charge in [0.05, 0.1) is 12.7 Å². The van der Waals surface area contributed by atoms with Crippen LogP contribution >= 0.6 is 11.6 Å². The lowest BCUT2D eigenvalue weighted by Crippen LogP contribution is -2.43. The van der Waals surface area contributed by atoms with Gasteiger partial charge < -0.3 is 10.1 Å². The molecule has 0 spiro atoms. The van der Waals surface area contributed by atoms with Crippen LogP contribution in [0.3, 0.4) is 0 Å². The fourth-order valence-electron chi connectivity index (χ4n) is 2.29. The van der Waals surface area contributed by atoms with Crippen LogP contribution in [0.25, 0.3) is 0 Å². The van der Waals surface area contributed by atoms with Crippen molar-refractivity contribution in [3.63, 3.8) is 0 Å². The Kier molecular flexibility index (Phi) is 6.26. The van der Waals surface area contributed by atoms with Crippen LogP contribution in [0.5, 0.6) is 0 Å². The molecule has 0 saturated carbocycles. The third kappa shape index (κ3) is 5.23.